The summed E-state index contributed by atoms with van der Waals surface area (Å²) in [5.74, 6) is -0.410. The summed E-state index contributed by atoms with van der Waals surface area (Å²) < 4.78 is 0. The Bertz CT molecular complexity index is 816. The van der Waals surface area contributed by atoms with Gasteiger partial charge in [0.25, 0.3) is 0 Å². The summed E-state index contributed by atoms with van der Waals surface area (Å²) in [5, 5.41) is 6.70. The van der Waals surface area contributed by atoms with Crippen molar-refractivity contribution in [3.8, 4) is 0 Å². The zero-order valence-corrected chi connectivity index (χ0v) is 12.5. The van der Waals surface area contributed by atoms with E-state index in [1.807, 2.05) is 24.3 Å². The maximum absolute atomic E-state index is 11.1. The molecule has 1 aromatic carbocycles. The number of carbonyl (C=O) groups excluding carboxylic acids is 1. The Morgan fingerprint density at radius 2 is 2.24 bits per heavy atom. The average molecular weight is 318 g/mol. The van der Waals surface area contributed by atoms with Crippen LogP contribution in [0.25, 0.3) is 10.9 Å². The van der Waals surface area contributed by atoms with Gasteiger partial charge in [-0.1, -0.05) is 17.7 Å². The van der Waals surface area contributed by atoms with Crippen LogP contribution in [0.15, 0.2) is 41.9 Å². The maximum atomic E-state index is 11.1. The van der Waals surface area contributed by atoms with Crippen molar-refractivity contribution in [2.45, 2.75) is 6.54 Å². The summed E-state index contributed by atoms with van der Waals surface area (Å²) >= 11 is 7.61. The van der Waals surface area contributed by atoms with Gasteiger partial charge in [-0.05, 0) is 24.3 Å². The molecule has 3 rings (SSSR count). The first kappa shape index (κ1) is 13.9. The molecule has 1 amide bonds. The molecule has 3 N–H and O–H groups in total. The molecule has 0 aliphatic rings. The van der Waals surface area contributed by atoms with Gasteiger partial charge in [-0.3, -0.25) is 9.78 Å². The molecule has 0 unspecified atom stereocenters. The molecule has 3 aromatic rings. The number of hydrogen-bond acceptors (Lipinski definition) is 4. The van der Waals surface area contributed by atoms with Crippen molar-refractivity contribution in [2.24, 2.45) is 5.73 Å². The van der Waals surface area contributed by atoms with Crippen molar-refractivity contribution < 1.29 is 4.79 Å². The van der Waals surface area contributed by atoms with Crippen LogP contribution in [0.1, 0.15) is 15.2 Å². The Labute approximate surface area is 130 Å². The lowest BCUT2D eigenvalue weighted by molar-refractivity contribution is 0.100. The van der Waals surface area contributed by atoms with Crippen LogP contribution in [-0.4, -0.2) is 10.9 Å². The molecule has 106 valence electrons. The summed E-state index contributed by atoms with van der Waals surface area (Å²) in [7, 11) is 0. The Morgan fingerprint density at radius 3 is 3.00 bits per heavy atom. The number of aromatic nitrogens is 1. The molecule has 21 heavy (non-hydrogen) atoms. The third-order valence-corrected chi connectivity index (χ3v) is 4.22. The molecule has 0 aliphatic carbocycles. The number of halogens is 1. The minimum absolute atomic E-state index is 0.410. The molecule has 6 heteroatoms. The predicted octanol–water partition coefficient (Wildman–Crippen LogP) is 3.66. The molecule has 0 bridgehead atoms. The highest BCUT2D eigenvalue weighted by Crippen LogP contribution is 2.27. The molecule has 0 spiro atoms. The quantitative estimate of drug-likeness (QED) is 0.771. The number of fused-ring (bicyclic) bond motifs is 1. The minimum Gasteiger partial charge on any atom is -0.378 e. The first-order chi connectivity index (χ1) is 10.1. The van der Waals surface area contributed by atoms with Crippen LogP contribution in [0.4, 0.5) is 5.69 Å². The lowest BCUT2D eigenvalue weighted by atomic mass is 10.2. The summed E-state index contributed by atoms with van der Waals surface area (Å²) in [6, 6.07) is 9.36. The van der Waals surface area contributed by atoms with Crippen LogP contribution in [0.5, 0.6) is 0 Å². The fraction of sp³-hybridized carbons (Fsp3) is 0.0667. The van der Waals surface area contributed by atoms with Crippen LogP contribution >= 0.6 is 22.9 Å². The molecule has 0 fully saturated rings. The van der Waals surface area contributed by atoms with E-state index >= 15 is 0 Å². The van der Waals surface area contributed by atoms with Crippen molar-refractivity contribution in [3.05, 3.63) is 57.4 Å². The van der Waals surface area contributed by atoms with Crippen molar-refractivity contribution >= 4 is 45.4 Å². The fourth-order valence-corrected chi connectivity index (χ4v) is 3.12. The SMILES string of the molecule is NC(=O)c1csc(CNc2cc(Cl)cc3cccnc23)c1. The highest BCUT2D eigenvalue weighted by atomic mass is 35.5. The second kappa shape index (κ2) is 5.71. The van der Waals surface area contributed by atoms with Gasteiger partial charge in [-0.2, -0.15) is 0 Å². The first-order valence-corrected chi connectivity index (χ1v) is 7.54. The predicted molar refractivity (Wildman–Crippen MR) is 86.9 cm³/mol. The Hall–Kier alpha value is -2.11. The number of pyridine rings is 1. The summed E-state index contributed by atoms with van der Waals surface area (Å²) in [5.41, 5.74) is 7.52. The van der Waals surface area contributed by atoms with Crippen molar-refractivity contribution in [3.63, 3.8) is 0 Å². The van der Waals surface area contributed by atoms with Gasteiger partial charge in [0.1, 0.15) is 0 Å². The van der Waals surface area contributed by atoms with E-state index in [9.17, 15) is 4.79 Å². The largest absolute Gasteiger partial charge is 0.378 e. The number of nitrogens with one attached hydrogen (secondary N) is 1. The highest BCUT2D eigenvalue weighted by Gasteiger charge is 2.07. The maximum Gasteiger partial charge on any atom is 0.249 e. The van der Waals surface area contributed by atoms with Gasteiger partial charge < -0.3 is 11.1 Å². The molecule has 0 saturated heterocycles. The molecule has 4 nitrogen and oxygen atoms in total. The molecular formula is C15H12ClN3OS. The van der Waals surface area contributed by atoms with Gasteiger partial charge in [0.15, 0.2) is 0 Å². The Balaban J connectivity index is 1.86. The van der Waals surface area contributed by atoms with Crippen LogP contribution in [-0.2, 0) is 6.54 Å². The minimum atomic E-state index is -0.410. The van der Waals surface area contributed by atoms with Crippen LogP contribution in [0.2, 0.25) is 5.02 Å². The zero-order valence-electron chi connectivity index (χ0n) is 11.0. The van der Waals surface area contributed by atoms with E-state index in [2.05, 4.69) is 10.3 Å². The normalized spacial score (nSPS) is 10.7. The number of benzene rings is 1. The Kier molecular flexibility index (Phi) is 3.77. The molecule has 0 radical (unpaired) electrons. The monoisotopic (exact) mass is 317 g/mol. The van der Waals surface area contributed by atoms with E-state index in [-0.39, 0.29) is 0 Å². The van der Waals surface area contributed by atoms with E-state index in [0.717, 1.165) is 21.5 Å². The molecule has 0 atom stereocenters. The highest BCUT2D eigenvalue weighted by molar-refractivity contribution is 7.10. The van der Waals surface area contributed by atoms with Gasteiger partial charge in [-0.25, -0.2) is 0 Å². The third-order valence-electron chi connectivity index (χ3n) is 3.06. The number of amides is 1. The molecule has 0 aliphatic heterocycles. The third kappa shape index (κ3) is 2.99. The molecule has 2 aromatic heterocycles. The Morgan fingerprint density at radius 1 is 1.38 bits per heavy atom. The summed E-state index contributed by atoms with van der Waals surface area (Å²) in [6.07, 6.45) is 1.75. The number of nitrogens with two attached hydrogens (primary N) is 1. The van der Waals surface area contributed by atoms with Crippen LogP contribution < -0.4 is 11.1 Å². The molecule has 0 saturated carbocycles. The number of thiophene rings is 1. The van der Waals surface area contributed by atoms with E-state index < -0.39 is 5.91 Å². The second-order valence-corrected chi connectivity index (χ2v) is 5.98. The van der Waals surface area contributed by atoms with Gasteiger partial charge in [0, 0.05) is 33.4 Å². The molecular weight excluding hydrogens is 306 g/mol. The summed E-state index contributed by atoms with van der Waals surface area (Å²) in [4.78, 5) is 16.5. The van der Waals surface area contributed by atoms with Crippen molar-refractivity contribution in [1.29, 1.82) is 0 Å². The van der Waals surface area contributed by atoms with E-state index in [1.165, 1.54) is 11.3 Å². The van der Waals surface area contributed by atoms with Gasteiger partial charge in [0.2, 0.25) is 5.91 Å². The van der Waals surface area contributed by atoms with Crippen molar-refractivity contribution in [1.82, 2.24) is 4.98 Å². The van der Waals surface area contributed by atoms with E-state index in [1.54, 1.807) is 17.6 Å². The molecule has 2 heterocycles. The van der Waals surface area contributed by atoms with Crippen LogP contribution in [0.3, 0.4) is 0 Å². The lowest BCUT2D eigenvalue weighted by Gasteiger charge is -2.09. The zero-order chi connectivity index (χ0) is 14.8. The van der Waals surface area contributed by atoms with Gasteiger partial charge in [0.05, 0.1) is 16.8 Å². The fourth-order valence-electron chi connectivity index (χ4n) is 2.08. The number of anilines is 1. The number of primary amides is 1. The second-order valence-electron chi connectivity index (χ2n) is 4.55. The number of rotatable bonds is 4. The average Bonchev–Trinajstić information content (AvgIpc) is 2.93. The van der Waals surface area contributed by atoms with E-state index in [4.69, 9.17) is 17.3 Å². The van der Waals surface area contributed by atoms with Crippen LogP contribution in [0, 0.1) is 0 Å². The van der Waals surface area contributed by atoms with Crippen molar-refractivity contribution in [2.75, 3.05) is 5.32 Å². The topological polar surface area (TPSA) is 68.0 Å². The number of nitrogens with zero attached hydrogens (tertiary/aromatic N) is 1. The lowest BCUT2D eigenvalue weighted by Crippen LogP contribution is -2.09. The standard InChI is InChI=1S/C15H12ClN3OS/c16-11-4-9-2-1-3-18-14(9)13(6-11)19-7-12-5-10(8-21-12)15(17)20/h1-6,8,19H,7H2,(H2,17,20). The van der Waals surface area contributed by atoms with Gasteiger partial charge in [-0.15, -0.1) is 11.3 Å². The van der Waals surface area contributed by atoms with E-state index in [0.29, 0.717) is 17.1 Å². The number of carbonyl (C=O) groups is 1. The number of hydrogen-bond donors (Lipinski definition) is 2. The summed E-state index contributed by atoms with van der Waals surface area (Å²) in [6.45, 7) is 0.587. The smallest absolute Gasteiger partial charge is 0.249 e. The first-order valence-electron chi connectivity index (χ1n) is 6.29. The van der Waals surface area contributed by atoms with Gasteiger partial charge >= 0.3 is 0 Å².